The molecule has 10 heteroatoms. The van der Waals surface area contributed by atoms with Gasteiger partial charge in [-0.05, 0) is 55.3 Å². The van der Waals surface area contributed by atoms with Gasteiger partial charge in [0.05, 0.1) is 23.2 Å². The van der Waals surface area contributed by atoms with Gasteiger partial charge < -0.3 is 16.2 Å². The highest BCUT2D eigenvalue weighted by molar-refractivity contribution is 7.90. The van der Waals surface area contributed by atoms with E-state index in [1.165, 1.54) is 43.6 Å². The van der Waals surface area contributed by atoms with Crippen LogP contribution in [0.25, 0.3) is 10.9 Å². The van der Waals surface area contributed by atoms with Crippen molar-refractivity contribution in [3.8, 4) is 5.75 Å². The van der Waals surface area contributed by atoms with Crippen LogP contribution >= 0.6 is 0 Å². The van der Waals surface area contributed by atoms with E-state index >= 15 is 0 Å². The second kappa shape index (κ2) is 9.17. The number of methoxy groups -OCH3 is 1. The zero-order valence-corrected chi connectivity index (χ0v) is 18.1. The molecule has 0 aliphatic carbocycles. The third-order valence-electron chi connectivity index (χ3n) is 4.71. The number of rotatable bonds is 8. The Hall–Kier alpha value is -3.40. The fourth-order valence-electron chi connectivity index (χ4n) is 3.16. The highest BCUT2D eigenvalue weighted by atomic mass is 32.2. The number of fused-ring (bicyclic) bond motifs is 1. The highest BCUT2D eigenvalue weighted by Crippen LogP contribution is 2.29. The van der Waals surface area contributed by atoms with Crippen molar-refractivity contribution in [3.05, 3.63) is 60.0 Å². The minimum absolute atomic E-state index is 0.0391. The van der Waals surface area contributed by atoms with E-state index in [-0.39, 0.29) is 16.4 Å². The van der Waals surface area contributed by atoms with Gasteiger partial charge >= 0.3 is 0 Å². The van der Waals surface area contributed by atoms with Gasteiger partial charge in [-0.3, -0.25) is 0 Å². The molecule has 4 N–H and O–H groups in total. The maximum atomic E-state index is 14.1. The highest BCUT2D eigenvalue weighted by Gasteiger charge is 2.23. The average molecular weight is 446 g/mol. The normalized spacial score (nSPS) is 12.2. The van der Waals surface area contributed by atoms with E-state index in [9.17, 15) is 12.8 Å². The number of aromatic nitrogens is 1. The maximum Gasteiger partial charge on any atom is 0.268 e. The summed E-state index contributed by atoms with van der Waals surface area (Å²) in [7, 11) is -2.53. The molecule has 0 aliphatic rings. The summed E-state index contributed by atoms with van der Waals surface area (Å²) in [4.78, 5) is 0.0391. The van der Waals surface area contributed by atoms with Crippen molar-refractivity contribution in [1.82, 2.24) is 3.97 Å². The van der Waals surface area contributed by atoms with Crippen LogP contribution in [0.4, 0.5) is 4.39 Å². The lowest BCUT2D eigenvalue weighted by atomic mass is 10.0. The Morgan fingerprint density at radius 3 is 2.45 bits per heavy atom. The predicted octanol–water partition coefficient (Wildman–Crippen LogP) is 3.19. The van der Waals surface area contributed by atoms with Crippen molar-refractivity contribution >= 4 is 32.6 Å². The van der Waals surface area contributed by atoms with Gasteiger partial charge in [0.2, 0.25) is 5.96 Å². The van der Waals surface area contributed by atoms with E-state index in [0.29, 0.717) is 28.8 Å². The number of unbranched alkanes of at least 4 members (excludes halogenated alkanes) is 1. The van der Waals surface area contributed by atoms with Crippen molar-refractivity contribution in [1.29, 1.82) is 0 Å². The van der Waals surface area contributed by atoms with Crippen molar-refractivity contribution in [2.24, 2.45) is 21.7 Å². The van der Waals surface area contributed by atoms with Crippen LogP contribution < -0.4 is 16.2 Å². The lowest BCUT2D eigenvalue weighted by molar-refractivity contribution is 0.414. The maximum absolute atomic E-state index is 14.1. The van der Waals surface area contributed by atoms with Crippen LogP contribution in [0, 0.1) is 5.82 Å². The Kier molecular flexibility index (Phi) is 6.59. The molecule has 1 aromatic heterocycles. The second-order valence-corrected chi connectivity index (χ2v) is 8.67. The number of guanidine groups is 1. The lowest BCUT2D eigenvalue weighted by Crippen LogP contribution is -2.22. The summed E-state index contributed by atoms with van der Waals surface area (Å²) in [6.45, 7) is 2.02. The molecule has 0 spiro atoms. The van der Waals surface area contributed by atoms with Gasteiger partial charge in [-0.15, -0.1) is 5.10 Å². The third-order valence-corrected chi connectivity index (χ3v) is 6.40. The standard InChI is InChI=1S/C21H24FN5O3S/c1-3-4-5-19(25-26-21(23)24)18-13-27(20-12-14(22)6-11-17(18)20)31(28,29)16-9-7-15(30-2)8-10-16/h6-13H,3-5H2,1-2H3,(H4,23,24,26). The van der Waals surface area contributed by atoms with Crippen LogP contribution in [0.15, 0.2) is 63.8 Å². The Bertz CT molecular complexity index is 1240. The summed E-state index contributed by atoms with van der Waals surface area (Å²) in [5.74, 6) is -0.247. The molecule has 0 radical (unpaired) electrons. The minimum Gasteiger partial charge on any atom is -0.497 e. The van der Waals surface area contributed by atoms with Gasteiger partial charge in [-0.25, -0.2) is 16.8 Å². The molecule has 0 saturated carbocycles. The van der Waals surface area contributed by atoms with Gasteiger partial charge in [0.15, 0.2) is 0 Å². The fourth-order valence-corrected chi connectivity index (χ4v) is 4.52. The number of hydrogen-bond donors (Lipinski definition) is 2. The molecule has 0 fully saturated rings. The SMILES string of the molecule is CCCCC(=NN=C(N)N)c1cn(S(=O)(=O)c2ccc(OC)cc2)c2cc(F)ccc12. The molecule has 0 saturated heterocycles. The summed E-state index contributed by atoms with van der Waals surface area (Å²) in [5.41, 5.74) is 12.1. The van der Waals surface area contributed by atoms with Crippen LogP contribution in [0.3, 0.4) is 0 Å². The summed E-state index contributed by atoms with van der Waals surface area (Å²) in [6.07, 6.45) is 3.63. The Morgan fingerprint density at radius 2 is 1.84 bits per heavy atom. The molecular weight excluding hydrogens is 421 g/mol. The second-order valence-electron chi connectivity index (χ2n) is 6.86. The number of ether oxygens (including phenoxy) is 1. The molecule has 2 aromatic carbocycles. The number of halogens is 1. The van der Waals surface area contributed by atoms with E-state index in [1.54, 1.807) is 12.1 Å². The number of benzene rings is 2. The molecule has 0 atom stereocenters. The number of nitrogens with zero attached hydrogens (tertiary/aromatic N) is 3. The lowest BCUT2D eigenvalue weighted by Gasteiger charge is -2.08. The molecule has 0 bridgehead atoms. The van der Waals surface area contributed by atoms with Gasteiger partial charge in [-0.1, -0.05) is 13.3 Å². The van der Waals surface area contributed by atoms with Crippen molar-refractivity contribution < 1.29 is 17.5 Å². The molecular formula is C21H24FN5O3S. The van der Waals surface area contributed by atoms with E-state index in [2.05, 4.69) is 10.2 Å². The third kappa shape index (κ3) is 4.69. The molecule has 31 heavy (non-hydrogen) atoms. The topological polar surface area (TPSA) is 125 Å². The molecule has 3 rings (SSSR count). The van der Waals surface area contributed by atoms with E-state index < -0.39 is 15.8 Å². The van der Waals surface area contributed by atoms with Crippen LogP contribution in [0.2, 0.25) is 0 Å². The molecule has 8 nitrogen and oxygen atoms in total. The van der Waals surface area contributed by atoms with Crippen LogP contribution in [0.5, 0.6) is 5.75 Å². The van der Waals surface area contributed by atoms with Crippen molar-refractivity contribution in [3.63, 3.8) is 0 Å². The summed E-state index contributed by atoms with van der Waals surface area (Å²) in [5, 5.41) is 8.40. The Balaban J connectivity index is 2.24. The molecule has 164 valence electrons. The summed E-state index contributed by atoms with van der Waals surface area (Å²) < 4.78 is 46.9. The monoisotopic (exact) mass is 445 g/mol. The first-order valence-electron chi connectivity index (χ1n) is 9.64. The Labute approximate surface area is 180 Å². The first-order chi connectivity index (χ1) is 14.8. The molecule has 0 unspecified atom stereocenters. The quantitative estimate of drug-likeness (QED) is 0.313. The Morgan fingerprint density at radius 1 is 1.13 bits per heavy atom. The molecule has 0 amide bonds. The van der Waals surface area contributed by atoms with E-state index in [4.69, 9.17) is 16.2 Å². The van der Waals surface area contributed by atoms with Gasteiger partial charge in [0, 0.05) is 17.1 Å². The first-order valence-corrected chi connectivity index (χ1v) is 11.1. The first kappa shape index (κ1) is 22.3. The molecule has 3 aromatic rings. The zero-order chi connectivity index (χ0) is 22.6. The minimum atomic E-state index is -4.02. The van der Waals surface area contributed by atoms with Crippen molar-refractivity contribution in [2.75, 3.05) is 7.11 Å². The number of nitrogens with two attached hydrogens (primary N) is 2. The molecule has 1 heterocycles. The number of hydrogen-bond acceptors (Lipinski definition) is 5. The largest absolute Gasteiger partial charge is 0.497 e. The van der Waals surface area contributed by atoms with Gasteiger partial charge in [-0.2, -0.15) is 5.10 Å². The summed E-state index contributed by atoms with van der Waals surface area (Å²) in [6, 6.07) is 9.94. The van der Waals surface area contributed by atoms with Crippen LogP contribution in [-0.2, 0) is 10.0 Å². The van der Waals surface area contributed by atoms with Crippen LogP contribution in [0.1, 0.15) is 31.7 Å². The fraction of sp³-hybridized carbons (Fsp3) is 0.238. The summed E-state index contributed by atoms with van der Waals surface area (Å²) >= 11 is 0. The molecule has 0 aliphatic heterocycles. The van der Waals surface area contributed by atoms with E-state index in [0.717, 1.165) is 16.8 Å². The van der Waals surface area contributed by atoms with Crippen LogP contribution in [-0.4, -0.2) is 31.2 Å². The van der Waals surface area contributed by atoms with Crippen molar-refractivity contribution in [2.45, 2.75) is 31.1 Å². The smallest absolute Gasteiger partial charge is 0.268 e. The van der Waals surface area contributed by atoms with Gasteiger partial charge in [0.1, 0.15) is 11.6 Å². The van der Waals surface area contributed by atoms with Gasteiger partial charge in [0.25, 0.3) is 10.0 Å². The van der Waals surface area contributed by atoms with E-state index in [1.807, 2.05) is 6.92 Å². The zero-order valence-electron chi connectivity index (χ0n) is 17.2. The average Bonchev–Trinajstić information content (AvgIpc) is 3.13. The predicted molar refractivity (Wildman–Crippen MR) is 119 cm³/mol.